The largest absolute Gasteiger partial charge is 0.497 e. The summed E-state index contributed by atoms with van der Waals surface area (Å²) in [6, 6.07) is 35.1. The fourth-order valence-corrected chi connectivity index (χ4v) is 14.0. The predicted molar refractivity (Wildman–Crippen MR) is 261 cm³/mol. The first kappa shape index (κ1) is 47.0. The molecule has 18 heteroatoms. The van der Waals surface area contributed by atoms with Gasteiger partial charge in [0.25, 0.3) is 5.56 Å². The first-order chi connectivity index (χ1) is 32.6. The van der Waals surface area contributed by atoms with Crippen LogP contribution in [-0.2, 0) is 29.1 Å². The monoisotopic (exact) mass is 964 g/mol. The Labute approximate surface area is 398 Å². The normalized spacial score (nSPS) is 20.9. The van der Waals surface area contributed by atoms with Crippen LogP contribution in [0.15, 0.2) is 120 Å². The minimum atomic E-state index is -1.28. The van der Waals surface area contributed by atoms with Crippen molar-refractivity contribution in [3.8, 4) is 11.5 Å². The fourth-order valence-electron chi connectivity index (χ4n) is 8.66. The maximum Gasteiger partial charge on any atom is 0.280 e. The molecule has 5 atom stereocenters. The van der Waals surface area contributed by atoms with Crippen LogP contribution in [0.5, 0.6) is 11.5 Å². The van der Waals surface area contributed by atoms with Gasteiger partial charge in [-0.05, 0) is 53.8 Å². The molecule has 15 nitrogen and oxygen atoms in total. The van der Waals surface area contributed by atoms with Gasteiger partial charge in [0.2, 0.25) is 17.0 Å². The Morgan fingerprint density at radius 3 is 2.15 bits per heavy atom. The van der Waals surface area contributed by atoms with Crippen molar-refractivity contribution in [2.75, 3.05) is 57.3 Å². The molecule has 5 heterocycles. The smallest absolute Gasteiger partial charge is 0.280 e. The molecule has 2 N–H and O–H groups in total. The Hall–Kier alpha value is -5.10. The number of fused-ring (bicyclic) bond motifs is 3. The van der Waals surface area contributed by atoms with E-state index in [-0.39, 0.29) is 47.3 Å². The number of amides is 1. The third-order valence-electron chi connectivity index (χ3n) is 12.2. The summed E-state index contributed by atoms with van der Waals surface area (Å²) in [5.41, 5.74) is 0.649. The number of methoxy groups -OCH3 is 2. The van der Waals surface area contributed by atoms with Gasteiger partial charge in [0.1, 0.15) is 34.9 Å². The Bertz CT molecular complexity index is 2660. The number of aromatic amines is 1. The highest BCUT2D eigenvalue weighted by Gasteiger charge is 2.65. The molecule has 350 valence electrons. The van der Waals surface area contributed by atoms with Crippen LogP contribution >= 0.6 is 30.6 Å². The lowest BCUT2D eigenvalue weighted by Gasteiger charge is -2.40. The van der Waals surface area contributed by atoms with E-state index in [1.54, 1.807) is 44.0 Å². The number of hydrogen-bond donors (Lipinski definition) is 2. The molecule has 3 fully saturated rings. The van der Waals surface area contributed by atoms with Crippen LogP contribution < -0.4 is 20.3 Å². The standard InChI is InChI=1S/C49H53N6O9PS2/c1-32(2)43(56)52-47-51-42-39(44(57)53-47)50-31-55(42)45-40-41(64-65(54-25-11-12-26-54)67-28-27-66-46(58)33-13-7-5-8-14-33)48(63-45,29-61-40)30-62-49(34-15-9-6-10-16-34,35-17-21-37(59-3)22-18-35)36-19-23-38(60-4)24-20-36/h5-10,13-24,31-32,40-41,45H,11-12,25-30H2,1-4H3,(H2,51,52,53,56,57)/t40?,41?,45-,48-,65?/m1/s1. The highest BCUT2D eigenvalue weighted by Crippen LogP contribution is 2.61. The molecular formula is C49H53N6O9PS2. The molecule has 2 bridgehead atoms. The van der Waals surface area contributed by atoms with Gasteiger partial charge in [0.15, 0.2) is 24.9 Å². The maximum absolute atomic E-state index is 13.4. The first-order valence-electron chi connectivity index (χ1n) is 22.2. The number of aromatic nitrogens is 4. The van der Waals surface area contributed by atoms with E-state index in [9.17, 15) is 14.4 Å². The summed E-state index contributed by atoms with van der Waals surface area (Å²) >= 11 is 3.02. The second-order valence-corrected chi connectivity index (χ2v) is 21.5. The van der Waals surface area contributed by atoms with E-state index in [4.69, 9.17) is 28.2 Å². The number of imidazole rings is 1. The quantitative estimate of drug-likeness (QED) is 0.0451. The van der Waals surface area contributed by atoms with Crippen LogP contribution in [0.4, 0.5) is 5.95 Å². The summed E-state index contributed by atoms with van der Waals surface area (Å²) in [6.07, 6.45) is 1.39. The van der Waals surface area contributed by atoms with Crippen molar-refractivity contribution in [2.45, 2.75) is 56.3 Å². The second kappa shape index (κ2) is 20.6. The molecule has 67 heavy (non-hydrogen) atoms. The lowest BCUT2D eigenvalue weighted by molar-refractivity contribution is -0.201. The number of thioether (sulfide) groups is 1. The molecule has 3 aliphatic rings. The van der Waals surface area contributed by atoms with E-state index in [0.29, 0.717) is 28.6 Å². The second-order valence-electron chi connectivity index (χ2n) is 16.8. The Balaban J connectivity index is 1.10. The SMILES string of the molecule is COc1ccc(C(OC[C@]23COC(C2OP(SCCSC(=O)c2ccccc2)N2CCCC2)[C@H](n2cnc4c(=O)[nH]c(NC(=O)C(C)C)nc42)O3)(c2ccccc2)c2ccc(OC)cc2)cc1. The Morgan fingerprint density at radius 1 is 0.896 bits per heavy atom. The van der Waals surface area contributed by atoms with E-state index >= 15 is 0 Å². The molecule has 1 amide bonds. The van der Waals surface area contributed by atoms with Crippen LogP contribution in [0.3, 0.4) is 0 Å². The van der Waals surface area contributed by atoms with Gasteiger partial charge in [0, 0.05) is 36.1 Å². The fraction of sp³-hybridized carbons (Fsp3) is 0.367. The van der Waals surface area contributed by atoms with E-state index in [1.165, 1.54) is 18.1 Å². The van der Waals surface area contributed by atoms with Gasteiger partial charge < -0.3 is 28.2 Å². The molecule has 0 saturated carbocycles. The predicted octanol–water partition coefficient (Wildman–Crippen LogP) is 8.42. The van der Waals surface area contributed by atoms with Crippen LogP contribution in [0.2, 0.25) is 0 Å². The van der Waals surface area contributed by atoms with Crippen molar-refractivity contribution in [1.82, 2.24) is 24.2 Å². The van der Waals surface area contributed by atoms with E-state index in [0.717, 1.165) is 42.6 Å². The average molecular weight is 965 g/mol. The number of ether oxygens (including phenoxy) is 5. The molecule has 0 spiro atoms. The van der Waals surface area contributed by atoms with Crippen LogP contribution in [0, 0.1) is 5.92 Å². The lowest BCUT2D eigenvalue weighted by Crippen LogP contribution is -2.49. The van der Waals surface area contributed by atoms with Gasteiger partial charge >= 0.3 is 0 Å². The van der Waals surface area contributed by atoms with Crippen LogP contribution in [0.25, 0.3) is 11.2 Å². The number of nitrogens with one attached hydrogen (secondary N) is 2. The van der Waals surface area contributed by atoms with Crippen LogP contribution in [0.1, 0.15) is 60.0 Å². The van der Waals surface area contributed by atoms with Crippen LogP contribution in [-0.4, -0.2) is 105 Å². The summed E-state index contributed by atoms with van der Waals surface area (Å²) in [5.74, 6) is 2.02. The number of nitrogens with zero attached hydrogens (tertiary/aromatic N) is 4. The minimum Gasteiger partial charge on any atom is -0.497 e. The number of H-pyrrole nitrogens is 1. The van der Waals surface area contributed by atoms with Gasteiger partial charge in [-0.3, -0.25) is 33.9 Å². The van der Waals surface area contributed by atoms with Crippen molar-refractivity contribution in [1.29, 1.82) is 0 Å². The molecular weight excluding hydrogens is 912 g/mol. The van der Waals surface area contributed by atoms with Crippen molar-refractivity contribution < 1.29 is 37.8 Å². The number of hydrogen-bond acceptors (Lipinski definition) is 14. The number of carbonyl (C=O) groups is 2. The zero-order valence-electron chi connectivity index (χ0n) is 37.7. The van der Waals surface area contributed by atoms with E-state index in [1.807, 2.05) is 109 Å². The topological polar surface area (TPSA) is 168 Å². The van der Waals surface area contributed by atoms with E-state index in [2.05, 4.69) is 24.9 Å². The van der Waals surface area contributed by atoms with Gasteiger partial charge in [-0.25, -0.2) is 4.98 Å². The number of anilines is 1. The molecule has 3 unspecified atom stereocenters. The summed E-state index contributed by atoms with van der Waals surface area (Å²) < 4.78 is 44.2. The number of rotatable bonds is 19. The minimum absolute atomic E-state index is 0.00271. The zero-order chi connectivity index (χ0) is 46.5. The molecule has 0 radical (unpaired) electrons. The van der Waals surface area contributed by atoms with E-state index < -0.39 is 42.7 Å². The third kappa shape index (κ3) is 9.66. The number of benzene rings is 4. The molecule has 4 aromatic carbocycles. The maximum atomic E-state index is 13.4. The zero-order valence-corrected chi connectivity index (χ0v) is 40.2. The molecule has 3 aliphatic heterocycles. The summed E-state index contributed by atoms with van der Waals surface area (Å²) in [7, 11) is 1.99. The van der Waals surface area contributed by atoms with Gasteiger partial charge in [-0.2, -0.15) is 4.98 Å². The highest BCUT2D eigenvalue weighted by molar-refractivity contribution is 8.53. The third-order valence-corrected chi connectivity index (χ3v) is 17.4. The molecule has 9 rings (SSSR count). The van der Waals surface area contributed by atoms with Gasteiger partial charge in [0.05, 0.1) is 33.8 Å². The number of carbonyl (C=O) groups excluding carboxylic acids is 2. The average Bonchev–Trinajstić information content (AvgIpc) is 4.18. The lowest BCUT2D eigenvalue weighted by atomic mass is 9.79. The molecule has 6 aromatic rings. The highest BCUT2D eigenvalue weighted by atomic mass is 32.7. The molecule has 3 saturated heterocycles. The van der Waals surface area contributed by atoms with Crippen molar-refractivity contribution in [3.63, 3.8) is 0 Å². The summed E-state index contributed by atoms with van der Waals surface area (Å²) in [6.45, 7) is 5.40. The van der Waals surface area contributed by atoms with Gasteiger partial charge in [-0.15, -0.1) is 0 Å². The van der Waals surface area contributed by atoms with Crippen molar-refractivity contribution >= 4 is 58.8 Å². The van der Waals surface area contributed by atoms with Crippen molar-refractivity contribution in [2.24, 2.45) is 5.92 Å². The Morgan fingerprint density at radius 2 is 1.52 bits per heavy atom. The first-order valence-corrected chi connectivity index (χ1v) is 26.0. The van der Waals surface area contributed by atoms with Crippen molar-refractivity contribution in [3.05, 3.63) is 148 Å². The van der Waals surface area contributed by atoms with Gasteiger partial charge in [-0.1, -0.05) is 122 Å². The summed E-state index contributed by atoms with van der Waals surface area (Å²) in [5, 5.41) is 2.75. The summed E-state index contributed by atoms with van der Waals surface area (Å²) in [4.78, 5) is 51.0. The Kier molecular flexibility index (Phi) is 14.5. The molecule has 2 aromatic heterocycles. The molecule has 0 aliphatic carbocycles.